The molecule has 22 heavy (non-hydrogen) atoms. The van der Waals surface area contributed by atoms with Crippen LogP contribution in [-0.2, 0) is 11.3 Å². The number of nitrogens with one attached hydrogen (secondary N) is 1. The van der Waals surface area contributed by atoms with E-state index in [1.807, 2.05) is 26.8 Å². The zero-order valence-corrected chi connectivity index (χ0v) is 13.0. The summed E-state index contributed by atoms with van der Waals surface area (Å²) in [6, 6.07) is 5.44. The Hall–Kier alpha value is -2.24. The van der Waals surface area contributed by atoms with Crippen LogP contribution < -0.4 is 10.1 Å². The Morgan fingerprint density at radius 3 is 2.73 bits per heavy atom. The van der Waals surface area contributed by atoms with Crippen molar-refractivity contribution in [3.63, 3.8) is 0 Å². The molecule has 0 bridgehead atoms. The first-order valence-corrected chi connectivity index (χ1v) is 7.37. The van der Waals surface area contributed by atoms with Gasteiger partial charge >= 0.3 is 6.09 Å². The lowest BCUT2D eigenvalue weighted by Crippen LogP contribution is -2.57. The van der Waals surface area contributed by atoms with E-state index in [0.29, 0.717) is 25.2 Å². The number of hydrogen-bond donors (Lipinski definition) is 1. The van der Waals surface area contributed by atoms with Gasteiger partial charge in [0.15, 0.2) is 0 Å². The molecular weight excluding hydrogens is 284 g/mol. The molecule has 118 valence electrons. The molecule has 1 saturated heterocycles. The Kier molecular flexibility index (Phi) is 3.47. The van der Waals surface area contributed by atoms with Crippen LogP contribution >= 0.6 is 0 Å². The summed E-state index contributed by atoms with van der Waals surface area (Å²) in [7, 11) is 0. The van der Waals surface area contributed by atoms with E-state index in [1.54, 1.807) is 17.0 Å². The van der Waals surface area contributed by atoms with Crippen LogP contribution in [0.3, 0.4) is 0 Å². The van der Waals surface area contributed by atoms with Gasteiger partial charge in [0.2, 0.25) is 0 Å². The van der Waals surface area contributed by atoms with E-state index in [1.165, 1.54) is 0 Å². The second-order valence-electron chi connectivity index (χ2n) is 6.63. The smallest absolute Gasteiger partial charge is 0.410 e. The second-order valence-corrected chi connectivity index (χ2v) is 6.63. The molecule has 2 amide bonds. The molecule has 0 aliphatic carbocycles. The van der Waals surface area contributed by atoms with E-state index >= 15 is 0 Å². The maximum absolute atomic E-state index is 11.8. The first-order chi connectivity index (χ1) is 10.3. The minimum absolute atomic E-state index is 0.0318. The van der Waals surface area contributed by atoms with Gasteiger partial charge in [-0.15, -0.1) is 0 Å². The first-order valence-electron chi connectivity index (χ1n) is 7.37. The third-order valence-electron chi connectivity index (χ3n) is 3.56. The first kappa shape index (κ1) is 14.7. The Balaban J connectivity index is 1.53. The lowest BCUT2D eigenvalue weighted by atomic mass is 10.1. The van der Waals surface area contributed by atoms with Gasteiger partial charge in [-0.25, -0.2) is 4.79 Å². The lowest BCUT2D eigenvalue weighted by Gasteiger charge is -2.39. The van der Waals surface area contributed by atoms with Crippen molar-refractivity contribution in [2.75, 3.05) is 13.1 Å². The number of carbonyl (C=O) groups is 2. The van der Waals surface area contributed by atoms with Gasteiger partial charge in [-0.05, 0) is 44.5 Å². The molecule has 0 aromatic heterocycles. The van der Waals surface area contributed by atoms with E-state index in [0.717, 1.165) is 11.3 Å². The van der Waals surface area contributed by atoms with Gasteiger partial charge in [0.25, 0.3) is 5.91 Å². The highest BCUT2D eigenvalue weighted by molar-refractivity contribution is 5.98. The van der Waals surface area contributed by atoms with Crippen molar-refractivity contribution < 1.29 is 19.1 Å². The van der Waals surface area contributed by atoms with Crippen molar-refractivity contribution in [3.8, 4) is 5.75 Å². The second kappa shape index (κ2) is 5.19. The number of fused-ring (bicyclic) bond motifs is 1. The molecule has 1 aromatic rings. The minimum Gasteiger partial charge on any atom is -0.487 e. The van der Waals surface area contributed by atoms with Crippen LogP contribution in [0, 0.1) is 0 Å². The van der Waals surface area contributed by atoms with Crippen molar-refractivity contribution in [2.45, 2.75) is 39.0 Å². The Morgan fingerprint density at radius 1 is 1.32 bits per heavy atom. The molecule has 0 radical (unpaired) electrons. The lowest BCUT2D eigenvalue weighted by molar-refractivity contribution is -0.0221. The van der Waals surface area contributed by atoms with Crippen LogP contribution in [0.25, 0.3) is 0 Å². The minimum atomic E-state index is -0.484. The summed E-state index contributed by atoms with van der Waals surface area (Å²) in [6.07, 6.45) is -0.341. The molecule has 2 heterocycles. The van der Waals surface area contributed by atoms with Gasteiger partial charge in [0.05, 0.1) is 13.1 Å². The molecule has 1 aromatic carbocycles. The fourth-order valence-corrected chi connectivity index (χ4v) is 2.46. The number of ether oxygens (including phenoxy) is 2. The summed E-state index contributed by atoms with van der Waals surface area (Å²) >= 11 is 0. The van der Waals surface area contributed by atoms with E-state index in [9.17, 15) is 9.59 Å². The normalized spacial score (nSPS) is 17.6. The fraction of sp³-hybridized carbons (Fsp3) is 0.500. The molecule has 0 spiro atoms. The zero-order chi connectivity index (χ0) is 15.9. The molecule has 2 aliphatic heterocycles. The maximum Gasteiger partial charge on any atom is 0.410 e. The summed E-state index contributed by atoms with van der Waals surface area (Å²) in [5.41, 5.74) is 1.17. The Bertz CT molecular complexity index is 615. The van der Waals surface area contributed by atoms with Crippen LogP contribution in [0.1, 0.15) is 36.7 Å². The van der Waals surface area contributed by atoms with Gasteiger partial charge < -0.3 is 19.7 Å². The van der Waals surface area contributed by atoms with Crippen molar-refractivity contribution in [3.05, 3.63) is 29.3 Å². The van der Waals surface area contributed by atoms with Crippen LogP contribution in [0.4, 0.5) is 4.79 Å². The quantitative estimate of drug-likeness (QED) is 0.906. The standard InChI is InChI=1S/C16H20N2O4/c1-16(2,3)22-15(20)18-8-12(9-18)21-11-4-5-13-10(6-11)7-17-14(13)19/h4-6,12H,7-9H2,1-3H3,(H,17,19). The molecule has 0 unspecified atom stereocenters. The van der Waals surface area contributed by atoms with Crippen LogP contribution in [0.15, 0.2) is 18.2 Å². The Morgan fingerprint density at radius 2 is 2.05 bits per heavy atom. The molecule has 0 saturated carbocycles. The number of amides is 2. The topological polar surface area (TPSA) is 67.9 Å². The van der Waals surface area contributed by atoms with Crippen LogP contribution in [0.5, 0.6) is 5.75 Å². The molecule has 6 heteroatoms. The fourth-order valence-electron chi connectivity index (χ4n) is 2.46. The molecule has 1 fully saturated rings. The zero-order valence-electron chi connectivity index (χ0n) is 13.0. The van der Waals surface area contributed by atoms with Gasteiger partial charge in [0.1, 0.15) is 17.5 Å². The maximum atomic E-state index is 11.8. The summed E-state index contributed by atoms with van der Waals surface area (Å²) < 4.78 is 11.1. The monoisotopic (exact) mass is 304 g/mol. The number of benzene rings is 1. The van der Waals surface area contributed by atoms with Gasteiger partial charge in [0, 0.05) is 12.1 Å². The van der Waals surface area contributed by atoms with Crippen molar-refractivity contribution in [1.29, 1.82) is 0 Å². The highest BCUT2D eigenvalue weighted by Gasteiger charge is 2.35. The number of hydrogen-bond acceptors (Lipinski definition) is 4. The van der Waals surface area contributed by atoms with Gasteiger partial charge in [-0.3, -0.25) is 4.79 Å². The molecule has 2 aliphatic rings. The summed E-state index contributed by atoms with van der Waals surface area (Å²) in [5, 5.41) is 2.77. The molecular formula is C16H20N2O4. The van der Waals surface area contributed by atoms with E-state index in [2.05, 4.69) is 5.32 Å². The highest BCUT2D eigenvalue weighted by Crippen LogP contribution is 2.25. The van der Waals surface area contributed by atoms with Crippen LogP contribution in [-0.4, -0.2) is 41.7 Å². The largest absolute Gasteiger partial charge is 0.487 e. The van der Waals surface area contributed by atoms with Crippen molar-refractivity contribution >= 4 is 12.0 Å². The third kappa shape index (κ3) is 3.00. The Labute approximate surface area is 129 Å². The third-order valence-corrected chi connectivity index (χ3v) is 3.56. The van der Waals surface area contributed by atoms with Crippen molar-refractivity contribution in [2.24, 2.45) is 0 Å². The summed E-state index contributed by atoms with van der Waals surface area (Å²) in [5.74, 6) is 0.686. The summed E-state index contributed by atoms with van der Waals surface area (Å²) in [4.78, 5) is 24.9. The average molecular weight is 304 g/mol. The number of carbonyl (C=O) groups excluding carboxylic acids is 2. The molecule has 1 N–H and O–H groups in total. The van der Waals surface area contributed by atoms with E-state index < -0.39 is 5.60 Å². The number of rotatable bonds is 2. The highest BCUT2D eigenvalue weighted by atomic mass is 16.6. The van der Waals surface area contributed by atoms with Crippen LogP contribution in [0.2, 0.25) is 0 Å². The van der Waals surface area contributed by atoms with Gasteiger partial charge in [-0.2, -0.15) is 0 Å². The number of likely N-dealkylation sites (tertiary alicyclic amines) is 1. The summed E-state index contributed by atoms with van der Waals surface area (Å²) in [6.45, 7) is 7.11. The van der Waals surface area contributed by atoms with E-state index in [4.69, 9.17) is 9.47 Å². The predicted molar refractivity (Wildman–Crippen MR) is 79.8 cm³/mol. The molecule has 6 nitrogen and oxygen atoms in total. The average Bonchev–Trinajstić information content (AvgIpc) is 2.72. The molecule has 0 atom stereocenters. The molecule has 3 rings (SSSR count). The predicted octanol–water partition coefficient (Wildman–Crippen LogP) is 1.93. The van der Waals surface area contributed by atoms with E-state index in [-0.39, 0.29) is 18.1 Å². The van der Waals surface area contributed by atoms with Gasteiger partial charge in [-0.1, -0.05) is 0 Å². The van der Waals surface area contributed by atoms with Crippen molar-refractivity contribution in [1.82, 2.24) is 10.2 Å². The SMILES string of the molecule is CC(C)(C)OC(=O)N1CC(Oc2ccc3c(c2)CNC3=O)C1. The number of nitrogens with zero attached hydrogens (tertiary/aromatic N) is 1.